The Balaban J connectivity index is 2.22. The van der Waals surface area contributed by atoms with Gasteiger partial charge in [0.2, 0.25) is 0 Å². The fraction of sp³-hybridized carbons (Fsp3) is 0.250. The van der Waals surface area contributed by atoms with Crippen molar-refractivity contribution in [2.75, 3.05) is 13.7 Å². The van der Waals surface area contributed by atoms with Crippen LogP contribution in [0.15, 0.2) is 42.5 Å². The third-order valence-electron chi connectivity index (χ3n) is 2.73. The summed E-state index contributed by atoms with van der Waals surface area (Å²) in [6.45, 7) is 3.29. The van der Waals surface area contributed by atoms with Crippen LogP contribution >= 0.6 is 11.6 Å². The molecule has 0 fully saturated rings. The Labute approximate surface area is 124 Å². The number of nitrogens with one attached hydrogen (secondary N) is 1. The highest BCUT2D eigenvalue weighted by molar-refractivity contribution is 6.30. The quantitative estimate of drug-likeness (QED) is 0.863. The van der Waals surface area contributed by atoms with Crippen LogP contribution in [0.25, 0.3) is 0 Å². The van der Waals surface area contributed by atoms with E-state index in [1.807, 2.05) is 56.4 Å². The lowest BCUT2D eigenvalue weighted by Gasteiger charge is -2.12. The molecule has 0 aliphatic rings. The molecular formula is C16H18ClNO2. The molecule has 0 aliphatic carbocycles. The molecule has 0 amide bonds. The van der Waals surface area contributed by atoms with Crippen molar-refractivity contribution in [2.45, 2.75) is 13.5 Å². The van der Waals surface area contributed by atoms with E-state index in [0.29, 0.717) is 18.2 Å². The van der Waals surface area contributed by atoms with Crippen LogP contribution in [0.5, 0.6) is 17.2 Å². The van der Waals surface area contributed by atoms with Gasteiger partial charge in [0.15, 0.2) is 0 Å². The van der Waals surface area contributed by atoms with Gasteiger partial charge in [0.1, 0.15) is 17.2 Å². The number of rotatable bonds is 6. The molecule has 0 aromatic heterocycles. The van der Waals surface area contributed by atoms with Gasteiger partial charge < -0.3 is 14.8 Å². The summed E-state index contributed by atoms with van der Waals surface area (Å²) in [6.07, 6.45) is 0. The molecule has 1 N–H and O–H groups in total. The third kappa shape index (κ3) is 3.89. The van der Waals surface area contributed by atoms with Gasteiger partial charge in [0.05, 0.1) is 6.61 Å². The number of hydrogen-bond acceptors (Lipinski definition) is 3. The van der Waals surface area contributed by atoms with Crippen LogP contribution in [-0.4, -0.2) is 13.7 Å². The second-order valence-corrected chi connectivity index (χ2v) is 4.73. The predicted octanol–water partition coefficient (Wildman–Crippen LogP) is 4.25. The maximum absolute atomic E-state index is 6.02. The van der Waals surface area contributed by atoms with E-state index in [1.165, 1.54) is 0 Å². The Morgan fingerprint density at radius 3 is 2.65 bits per heavy atom. The van der Waals surface area contributed by atoms with E-state index in [0.717, 1.165) is 22.8 Å². The average molecular weight is 292 g/mol. The molecule has 4 heteroatoms. The third-order valence-corrected chi connectivity index (χ3v) is 2.97. The summed E-state index contributed by atoms with van der Waals surface area (Å²) in [6, 6.07) is 13.2. The first-order chi connectivity index (χ1) is 9.72. The van der Waals surface area contributed by atoms with E-state index in [4.69, 9.17) is 21.1 Å². The van der Waals surface area contributed by atoms with E-state index >= 15 is 0 Å². The first kappa shape index (κ1) is 14.7. The van der Waals surface area contributed by atoms with Crippen LogP contribution in [0.1, 0.15) is 12.5 Å². The van der Waals surface area contributed by atoms with Crippen molar-refractivity contribution in [1.29, 1.82) is 0 Å². The minimum absolute atomic E-state index is 0.634. The SMILES string of the molecule is CCOc1cccc(Oc2ccc(Cl)cc2CNC)c1. The summed E-state index contributed by atoms with van der Waals surface area (Å²) < 4.78 is 11.4. The van der Waals surface area contributed by atoms with E-state index in [-0.39, 0.29) is 0 Å². The smallest absolute Gasteiger partial charge is 0.132 e. The molecule has 2 rings (SSSR count). The molecule has 0 radical (unpaired) electrons. The average Bonchev–Trinajstić information content (AvgIpc) is 2.43. The van der Waals surface area contributed by atoms with Crippen molar-refractivity contribution in [1.82, 2.24) is 5.32 Å². The van der Waals surface area contributed by atoms with Crippen molar-refractivity contribution < 1.29 is 9.47 Å². The lowest BCUT2D eigenvalue weighted by atomic mass is 10.2. The molecule has 0 heterocycles. The van der Waals surface area contributed by atoms with Gasteiger partial charge in [-0.25, -0.2) is 0 Å². The Morgan fingerprint density at radius 1 is 1.10 bits per heavy atom. The van der Waals surface area contributed by atoms with Crippen molar-refractivity contribution in [2.24, 2.45) is 0 Å². The first-order valence-electron chi connectivity index (χ1n) is 6.56. The molecule has 0 atom stereocenters. The summed E-state index contributed by atoms with van der Waals surface area (Å²) >= 11 is 6.02. The Hall–Kier alpha value is -1.71. The normalized spacial score (nSPS) is 10.3. The standard InChI is InChI=1S/C16H18ClNO2/c1-3-19-14-5-4-6-15(10-14)20-16-8-7-13(17)9-12(16)11-18-2/h4-10,18H,3,11H2,1-2H3. The first-order valence-corrected chi connectivity index (χ1v) is 6.94. The van der Waals surface area contributed by atoms with Gasteiger partial charge in [-0.1, -0.05) is 17.7 Å². The number of hydrogen-bond donors (Lipinski definition) is 1. The van der Waals surface area contributed by atoms with Crippen molar-refractivity contribution in [3.05, 3.63) is 53.1 Å². The lowest BCUT2D eigenvalue weighted by Crippen LogP contribution is -2.06. The predicted molar refractivity (Wildman–Crippen MR) is 81.9 cm³/mol. The monoisotopic (exact) mass is 291 g/mol. The maximum Gasteiger partial charge on any atom is 0.132 e. The Kier molecular flexibility index (Phi) is 5.27. The Bertz CT molecular complexity index is 572. The van der Waals surface area contributed by atoms with Crippen LogP contribution in [0.4, 0.5) is 0 Å². The van der Waals surface area contributed by atoms with E-state index in [9.17, 15) is 0 Å². The van der Waals surface area contributed by atoms with Crippen molar-refractivity contribution in [3.8, 4) is 17.2 Å². The van der Waals surface area contributed by atoms with Gasteiger partial charge in [0.25, 0.3) is 0 Å². The molecule has 0 saturated carbocycles. The molecule has 106 valence electrons. The summed E-state index contributed by atoms with van der Waals surface area (Å²) in [7, 11) is 1.89. The maximum atomic E-state index is 6.02. The van der Waals surface area contributed by atoms with E-state index in [1.54, 1.807) is 0 Å². The largest absolute Gasteiger partial charge is 0.494 e. The molecule has 0 saturated heterocycles. The van der Waals surface area contributed by atoms with E-state index in [2.05, 4.69) is 5.32 Å². The highest BCUT2D eigenvalue weighted by Gasteiger charge is 2.06. The van der Waals surface area contributed by atoms with Crippen LogP contribution in [0.2, 0.25) is 5.02 Å². The molecule has 0 bridgehead atoms. The zero-order chi connectivity index (χ0) is 14.4. The summed E-state index contributed by atoms with van der Waals surface area (Å²) in [5.74, 6) is 2.34. The highest BCUT2D eigenvalue weighted by Crippen LogP contribution is 2.29. The van der Waals surface area contributed by atoms with E-state index < -0.39 is 0 Å². The number of benzene rings is 2. The van der Waals surface area contributed by atoms with Gasteiger partial charge in [-0.05, 0) is 44.3 Å². The molecule has 20 heavy (non-hydrogen) atoms. The lowest BCUT2D eigenvalue weighted by molar-refractivity contribution is 0.338. The second-order valence-electron chi connectivity index (χ2n) is 4.29. The summed E-state index contributed by atoms with van der Waals surface area (Å²) in [5, 5.41) is 3.81. The molecule has 0 spiro atoms. The van der Waals surface area contributed by atoms with Crippen molar-refractivity contribution in [3.63, 3.8) is 0 Å². The molecule has 3 nitrogen and oxygen atoms in total. The topological polar surface area (TPSA) is 30.5 Å². The van der Waals surface area contributed by atoms with Crippen LogP contribution in [-0.2, 0) is 6.54 Å². The zero-order valence-corrected chi connectivity index (χ0v) is 12.4. The Morgan fingerprint density at radius 2 is 1.90 bits per heavy atom. The summed E-state index contributed by atoms with van der Waals surface area (Å²) in [4.78, 5) is 0. The minimum Gasteiger partial charge on any atom is -0.494 e. The molecule has 2 aromatic carbocycles. The van der Waals surface area contributed by atoms with Gasteiger partial charge in [-0.3, -0.25) is 0 Å². The molecule has 0 aliphatic heterocycles. The molecule has 2 aromatic rings. The molecular weight excluding hydrogens is 274 g/mol. The molecule has 0 unspecified atom stereocenters. The van der Waals surface area contributed by atoms with Gasteiger partial charge in [0, 0.05) is 23.2 Å². The fourth-order valence-corrected chi connectivity index (χ4v) is 2.09. The van der Waals surface area contributed by atoms with Crippen molar-refractivity contribution >= 4 is 11.6 Å². The summed E-state index contributed by atoms with van der Waals surface area (Å²) in [5.41, 5.74) is 1.02. The van der Waals surface area contributed by atoms with Crippen LogP contribution in [0, 0.1) is 0 Å². The fourth-order valence-electron chi connectivity index (χ4n) is 1.90. The minimum atomic E-state index is 0.634. The van der Waals surface area contributed by atoms with Gasteiger partial charge in [-0.2, -0.15) is 0 Å². The number of halogens is 1. The second kappa shape index (κ2) is 7.17. The van der Waals surface area contributed by atoms with Crippen LogP contribution in [0.3, 0.4) is 0 Å². The zero-order valence-electron chi connectivity index (χ0n) is 11.7. The number of ether oxygens (including phenoxy) is 2. The highest BCUT2D eigenvalue weighted by atomic mass is 35.5. The van der Waals surface area contributed by atoms with Gasteiger partial charge >= 0.3 is 0 Å². The van der Waals surface area contributed by atoms with Gasteiger partial charge in [-0.15, -0.1) is 0 Å². The van der Waals surface area contributed by atoms with Crippen LogP contribution < -0.4 is 14.8 Å².